The predicted octanol–water partition coefficient (Wildman–Crippen LogP) is 3.18. The zero-order valence-electron chi connectivity index (χ0n) is 16.2. The molecule has 1 heterocycles. The maximum atomic E-state index is 12.0. The minimum absolute atomic E-state index is 0.0166. The molecular weight excluding hydrogens is 420 g/mol. The first-order valence-corrected chi connectivity index (χ1v) is 9.60. The first-order valence-electron chi connectivity index (χ1n) is 8.48. The molecule has 0 aromatic heterocycles. The Kier molecular flexibility index (Phi) is 7.07. The van der Waals surface area contributed by atoms with Gasteiger partial charge in [-0.25, -0.2) is 9.59 Å². The Balaban J connectivity index is 2.44. The van der Waals surface area contributed by atoms with Crippen molar-refractivity contribution in [2.45, 2.75) is 25.2 Å². The summed E-state index contributed by atoms with van der Waals surface area (Å²) in [6.45, 7) is 2.48. The molecule has 0 unspecified atom stereocenters. The number of carbonyl (C=O) groups excluding carboxylic acids is 2. The Hall–Kier alpha value is -1.84. The second-order valence-corrected chi connectivity index (χ2v) is 7.23. The number of alkyl halides is 1. The molecule has 0 bridgehead atoms. The maximum Gasteiger partial charge on any atom is 0.414 e. The molecule has 1 aromatic rings. The summed E-state index contributed by atoms with van der Waals surface area (Å²) in [6.07, 6.45) is -0.350. The first kappa shape index (κ1) is 21.5. The second kappa shape index (κ2) is 8.90. The average molecular weight is 445 g/mol. The number of hydrogen-bond donors (Lipinski definition) is 0. The van der Waals surface area contributed by atoms with Gasteiger partial charge in [0.2, 0.25) is 5.79 Å². The Morgan fingerprint density at radius 3 is 2.04 bits per heavy atom. The van der Waals surface area contributed by atoms with Crippen LogP contribution in [0.25, 0.3) is 0 Å². The fraction of sp³-hybridized carbons (Fsp3) is 0.556. The normalized spacial score (nSPS) is 22.1. The third-order valence-corrected chi connectivity index (χ3v) is 4.63. The number of halogens is 1. The van der Waals surface area contributed by atoms with Crippen molar-refractivity contribution >= 4 is 28.1 Å². The topological polar surface area (TPSA) is 77.5 Å². The lowest BCUT2D eigenvalue weighted by Crippen LogP contribution is -2.43. The summed E-state index contributed by atoms with van der Waals surface area (Å²) in [5.74, 6) is -0.630. The van der Waals surface area contributed by atoms with Crippen molar-refractivity contribution in [2.24, 2.45) is 0 Å². The van der Waals surface area contributed by atoms with Gasteiger partial charge in [-0.2, -0.15) is 0 Å². The van der Waals surface area contributed by atoms with Crippen molar-refractivity contribution in [1.29, 1.82) is 0 Å². The molecule has 1 saturated heterocycles. The smallest absolute Gasteiger partial charge is 0.410 e. The maximum absolute atomic E-state index is 12.0. The zero-order chi connectivity index (χ0) is 20.2. The van der Waals surface area contributed by atoms with E-state index in [0.29, 0.717) is 17.5 Å². The molecule has 2 atom stereocenters. The van der Waals surface area contributed by atoms with Crippen LogP contribution in [0.3, 0.4) is 0 Å². The minimum Gasteiger partial charge on any atom is -0.410 e. The summed E-state index contributed by atoms with van der Waals surface area (Å²) in [6, 6.07) is 4.77. The summed E-state index contributed by atoms with van der Waals surface area (Å²) in [7, 11) is 6.31. The Labute approximate surface area is 167 Å². The van der Waals surface area contributed by atoms with Crippen LogP contribution in [0, 0.1) is 0 Å². The van der Waals surface area contributed by atoms with Crippen LogP contribution >= 0.6 is 15.9 Å². The molecule has 8 nitrogen and oxygen atoms in total. The quantitative estimate of drug-likeness (QED) is 0.663. The molecule has 0 radical (unpaired) electrons. The fourth-order valence-electron chi connectivity index (χ4n) is 2.40. The van der Waals surface area contributed by atoms with Crippen LogP contribution in [0.15, 0.2) is 18.2 Å². The number of amides is 2. The minimum atomic E-state index is -1.07. The van der Waals surface area contributed by atoms with Crippen molar-refractivity contribution in [2.75, 3.05) is 40.1 Å². The number of rotatable bonds is 4. The third kappa shape index (κ3) is 5.33. The number of carbonyl (C=O) groups is 2. The Morgan fingerprint density at radius 2 is 1.63 bits per heavy atom. The molecule has 2 rings (SSSR count). The lowest BCUT2D eigenvalue weighted by molar-refractivity contribution is -0.285. The van der Waals surface area contributed by atoms with Gasteiger partial charge < -0.3 is 28.7 Å². The van der Waals surface area contributed by atoms with Gasteiger partial charge in [0.25, 0.3) is 0 Å². The molecule has 1 fully saturated rings. The highest BCUT2D eigenvalue weighted by atomic mass is 79.9. The van der Waals surface area contributed by atoms with E-state index in [1.54, 1.807) is 40.3 Å². The standard InChI is InChI=1S/C18H25BrN2O6/c1-12-6-7-24-18(11-19,27-12)13-8-14(25-16(22)20(2)3)10-15(9-13)26-17(23)21(4)5/h8-10,12H,6-7,11H2,1-5H3/t12-,18-/m1/s1. The largest absolute Gasteiger partial charge is 0.414 e. The van der Waals surface area contributed by atoms with Gasteiger partial charge in [0.1, 0.15) is 11.5 Å². The molecule has 150 valence electrons. The third-order valence-electron chi connectivity index (χ3n) is 3.89. The van der Waals surface area contributed by atoms with E-state index in [-0.39, 0.29) is 17.6 Å². The van der Waals surface area contributed by atoms with Gasteiger partial charge in [0, 0.05) is 39.8 Å². The highest BCUT2D eigenvalue weighted by molar-refractivity contribution is 9.09. The van der Waals surface area contributed by atoms with Crippen LogP contribution < -0.4 is 9.47 Å². The number of ether oxygens (including phenoxy) is 4. The van der Waals surface area contributed by atoms with Crippen molar-refractivity contribution in [3.05, 3.63) is 23.8 Å². The Bertz CT molecular complexity index is 656. The van der Waals surface area contributed by atoms with E-state index in [0.717, 1.165) is 6.42 Å². The van der Waals surface area contributed by atoms with Crippen LogP contribution in [0.2, 0.25) is 0 Å². The van der Waals surface area contributed by atoms with Gasteiger partial charge in [0.15, 0.2) is 0 Å². The average Bonchev–Trinajstić information content (AvgIpc) is 2.61. The van der Waals surface area contributed by atoms with E-state index >= 15 is 0 Å². The van der Waals surface area contributed by atoms with Crippen molar-refractivity contribution in [3.8, 4) is 11.5 Å². The van der Waals surface area contributed by atoms with E-state index in [2.05, 4.69) is 15.9 Å². The van der Waals surface area contributed by atoms with Crippen molar-refractivity contribution in [3.63, 3.8) is 0 Å². The van der Waals surface area contributed by atoms with E-state index in [4.69, 9.17) is 18.9 Å². The van der Waals surface area contributed by atoms with E-state index in [1.165, 1.54) is 15.9 Å². The molecule has 1 aliphatic heterocycles. The molecular formula is C18H25BrN2O6. The SMILES string of the molecule is C[C@@H]1CCO[C@@](CBr)(c2cc(OC(=O)N(C)C)cc(OC(=O)N(C)C)c2)O1. The van der Waals surface area contributed by atoms with Gasteiger partial charge in [-0.05, 0) is 25.5 Å². The number of nitrogens with zero attached hydrogens (tertiary/aromatic N) is 2. The molecule has 9 heteroatoms. The number of benzene rings is 1. The Morgan fingerprint density at radius 1 is 1.11 bits per heavy atom. The molecule has 1 aromatic carbocycles. The molecule has 27 heavy (non-hydrogen) atoms. The lowest BCUT2D eigenvalue weighted by Gasteiger charge is -2.39. The van der Waals surface area contributed by atoms with Gasteiger partial charge in [-0.3, -0.25) is 0 Å². The summed E-state index contributed by atoms with van der Waals surface area (Å²) in [5, 5.41) is 0.358. The fourth-order valence-corrected chi connectivity index (χ4v) is 3.02. The van der Waals surface area contributed by atoms with Gasteiger partial charge >= 0.3 is 12.2 Å². The zero-order valence-corrected chi connectivity index (χ0v) is 17.7. The number of hydrogen-bond acceptors (Lipinski definition) is 6. The molecule has 1 aliphatic rings. The summed E-state index contributed by atoms with van der Waals surface area (Å²) >= 11 is 3.45. The van der Waals surface area contributed by atoms with E-state index < -0.39 is 18.0 Å². The lowest BCUT2D eigenvalue weighted by atomic mass is 10.0. The van der Waals surface area contributed by atoms with Crippen LogP contribution in [-0.2, 0) is 15.3 Å². The second-order valence-electron chi connectivity index (χ2n) is 6.67. The molecule has 0 spiro atoms. The van der Waals surface area contributed by atoms with E-state index in [1.807, 2.05) is 6.92 Å². The molecule has 0 saturated carbocycles. The summed E-state index contributed by atoms with van der Waals surface area (Å²) in [4.78, 5) is 26.5. The highest BCUT2D eigenvalue weighted by Gasteiger charge is 2.39. The van der Waals surface area contributed by atoms with Crippen molar-refractivity contribution in [1.82, 2.24) is 9.80 Å². The van der Waals surface area contributed by atoms with Crippen molar-refractivity contribution < 1.29 is 28.5 Å². The van der Waals surface area contributed by atoms with E-state index in [9.17, 15) is 9.59 Å². The molecule has 0 aliphatic carbocycles. The van der Waals surface area contributed by atoms with Gasteiger partial charge in [0.05, 0.1) is 18.0 Å². The van der Waals surface area contributed by atoms with Crippen LogP contribution in [0.1, 0.15) is 18.9 Å². The molecule has 2 amide bonds. The first-order chi connectivity index (χ1) is 12.7. The highest BCUT2D eigenvalue weighted by Crippen LogP contribution is 2.38. The monoisotopic (exact) mass is 444 g/mol. The van der Waals surface area contributed by atoms with Crippen LogP contribution in [-0.4, -0.2) is 68.2 Å². The summed E-state index contributed by atoms with van der Waals surface area (Å²) < 4.78 is 22.7. The van der Waals surface area contributed by atoms with Gasteiger partial charge in [-0.1, -0.05) is 15.9 Å². The molecule has 0 N–H and O–H groups in total. The van der Waals surface area contributed by atoms with Crippen LogP contribution in [0.5, 0.6) is 11.5 Å². The predicted molar refractivity (Wildman–Crippen MR) is 102 cm³/mol. The summed E-state index contributed by atoms with van der Waals surface area (Å²) in [5.41, 5.74) is 0.580. The van der Waals surface area contributed by atoms with Gasteiger partial charge in [-0.15, -0.1) is 0 Å². The van der Waals surface area contributed by atoms with Crippen LogP contribution in [0.4, 0.5) is 9.59 Å².